The summed E-state index contributed by atoms with van der Waals surface area (Å²) in [6, 6.07) is -0.104. The number of ether oxygens (including phenoxy) is 2. The van der Waals surface area contributed by atoms with Gasteiger partial charge < -0.3 is 15.2 Å². The molecule has 26 heavy (non-hydrogen) atoms. The van der Waals surface area contributed by atoms with Crippen molar-refractivity contribution in [2.24, 2.45) is 10.7 Å². The van der Waals surface area contributed by atoms with E-state index in [1.165, 1.54) is 12.5 Å². The highest BCUT2D eigenvalue weighted by molar-refractivity contribution is 5.67. The zero-order valence-electron chi connectivity index (χ0n) is 14.3. The second-order valence-corrected chi connectivity index (χ2v) is 6.09. The van der Waals surface area contributed by atoms with Crippen molar-refractivity contribution in [3.05, 3.63) is 40.8 Å². The highest BCUT2D eigenvalue weighted by Gasteiger charge is 2.18. The smallest absolute Gasteiger partial charge is 0.247 e. The molecule has 0 unspecified atom stereocenters. The van der Waals surface area contributed by atoms with Crippen molar-refractivity contribution in [3.63, 3.8) is 0 Å². The van der Waals surface area contributed by atoms with Crippen LogP contribution in [-0.4, -0.2) is 38.8 Å². The van der Waals surface area contributed by atoms with E-state index in [1.807, 2.05) is 13.8 Å². The number of fused-ring (bicyclic) bond motifs is 2. The van der Waals surface area contributed by atoms with Crippen molar-refractivity contribution >= 4 is 11.6 Å². The fraction of sp³-hybridized carbons (Fsp3) is 0.294. The quantitative estimate of drug-likeness (QED) is 0.715. The lowest BCUT2D eigenvalue weighted by Gasteiger charge is -2.08. The third-order valence-electron chi connectivity index (χ3n) is 3.99. The van der Waals surface area contributed by atoms with E-state index in [4.69, 9.17) is 15.2 Å². The number of pyridine rings is 1. The number of aryl methyl sites for hydroxylation is 1. The first-order valence-corrected chi connectivity index (χ1v) is 8.13. The molecule has 1 aliphatic heterocycles. The van der Waals surface area contributed by atoms with E-state index < -0.39 is 5.82 Å². The number of halogens is 1. The van der Waals surface area contributed by atoms with Crippen molar-refractivity contribution in [1.29, 1.82) is 0 Å². The summed E-state index contributed by atoms with van der Waals surface area (Å²) in [6.45, 7) is 4.49. The van der Waals surface area contributed by atoms with Crippen LogP contribution >= 0.6 is 0 Å². The molecule has 134 valence electrons. The van der Waals surface area contributed by atoms with Gasteiger partial charge in [-0.2, -0.15) is 10.1 Å². The van der Waals surface area contributed by atoms with Crippen LogP contribution in [0.5, 0.6) is 17.4 Å². The summed E-state index contributed by atoms with van der Waals surface area (Å²) < 4.78 is 27.6. The molecule has 0 fully saturated rings. The van der Waals surface area contributed by atoms with E-state index in [0.717, 1.165) is 5.56 Å². The van der Waals surface area contributed by atoms with Crippen LogP contribution in [0.4, 0.5) is 4.39 Å². The lowest BCUT2D eigenvalue weighted by molar-refractivity contribution is 0.294. The highest BCUT2D eigenvalue weighted by atomic mass is 19.1. The summed E-state index contributed by atoms with van der Waals surface area (Å²) in [5, 5.41) is 4.50. The third kappa shape index (κ3) is 2.76. The van der Waals surface area contributed by atoms with Gasteiger partial charge in [0.1, 0.15) is 24.2 Å². The largest absolute Gasteiger partial charge is 0.490 e. The van der Waals surface area contributed by atoms with Crippen LogP contribution in [0.15, 0.2) is 23.7 Å². The van der Waals surface area contributed by atoms with Gasteiger partial charge in [-0.05, 0) is 19.9 Å². The van der Waals surface area contributed by atoms with E-state index >= 15 is 0 Å². The molecule has 8 nitrogen and oxygen atoms in total. The van der Waals surface area contributed by atoms with Gasteiger partial charge in [-0.3, -0.25) is 4.99 Å². The Morgan fingerprint density at radius 3 is 3.00 bits per heavy atom. The first kappa shape index (κ1) is 16.4. The van der Waals surface area contributed by atoms with Crippen molar-refractivity contribution in [2.45, 2.75) is 19.9 Å². The van der Waals surface area contributed by atoms with Gasteiger partial charge in [-0.1, -0.05) is 0 Å². The molecule has 1 atom stereocenters. The Morgan fingerprint density at radius 1 is 1.35 bits per heavy atom. The molecule has 0 aromatic carbocycles. The molecule has 0 radical (unpaired) electrons. The maximum Gasteiger partial charge on any atom is 0.247 e. The molecule has 0 saturated heterocycles. The fourth-order valence-electron chi connectivity index (χ4n) is 2.73. The monoisotopic (exact) mass is 356 g/mol. The molecule has 4 rings (SSSR count). The minimum absolute atomic E-state index is 0.0173. The van der Waals surface area contributed by atoms with Crippen molar-refractivity contribution in [2.75, 3.05) is 13.2 Å². The predicted molar refractivity (Wildman–Crippen MR) is 91.3 cm³/mol. The molecule has 3 aromatic rings. The number of hydrogen-bond acceptors (Lipinski definition) is 7. The standard InChI is InChI=1S/C17H17FN6O2/c1-9(19)7-25-13-6-24-15(10(13)2)17(22-8-23-24)26-12-5-21-16-11(14(12)18)3-4-20-16/h3,5-6,8-9H,4,7,19H2,1-2H3/t9-/m1/s1. The normalized spacial score (nSPS) is 13.8. The molecule has 4 heterocycles. The third-order valence-corrected chi connectivity index (χ3v) is 3.99. The van der Waals surface area contributed by atoms with Gasteiger partial charge in [0.25, 0.3) is 0 Å². The van der Waals surface area contributed by atoms with Crippen LogP contribution in [0.25, 0.3) is 11.6 Å². The first-order valence-electron chi connectivity index (χ1n) is 8.13. The first-order chi connectivity index (χ1) is 12.5. The van der Waals surface area contributed by atoms with Crippen LogP contribution in [0.3, 0.4) is 0 Å². The number of nitrogens with two attached hydrogens (primary N) is 1. The Labute approximate surface area is 147 Å². The number of nitrogens with zero attached hydrogens (tertiary/aromatic N) is 5. The Bertz CT molecular complexity index is 1110. The van der Waals surface area contributed by atoms with E-state index in [9.17, 15) is 4.39 Å². The predicted octanol–water partition coefficient (Wildman–Crippen LogP) is 0.504. The number of hydrogen-bond donors (Lipinski definition) is 1. The lowest BCUT2D eigenvalue weighted by Crippen LogP contribution is -2.28. The maximum atomic E-state index is 14.6. The van der Waals surface area contributed by atoms with Gasteiger partial charge in [0.05, 0.1) is 24.2 Å². The van der Waals surface area contributed by atoms with Gasteiger partial charge in [-0.15, -0.1) is 0 Å². The SMILES string of the molecule is Cc1c(OC[C@@H](C)N)cn2ncnc(Oc3cnc4c(c3F)=CCN=4)c12. The van der Waals surface area contributed by atoms with Crippen molar-refractivity contribution in [3.8, 4) is 17.4 Å². The molecule has 3 aromatic heterocycles. The minimum atomic E-state index is -0.509. The van der Waals surface area contributed by atoms with Crippen LogP contribution in [0.2, 0.25) is 0 Å². The molecule has 9 heteroatoms. The summed E-state index contributed by atoms with van der Waals surface area (Å²) >= 11 is 0. The minimum Gasteiger partial charge on any atom is -0.490 e. The van der Waals surface area contributed by atoms with Crippen molar-refractivity contribution < 1.29 is 13.9 Å². The fourth-order valence-corrected chi connectivity index (χ4v) is 2.73. The zero-order valence-corrected chi connectivity index (χ0v) is 14.3. The Balaban J connectivity index is 1.75. The van der Waals surface area contributed by atoms with E-state index in [0.29, 0.717) is 35.1 Å². The molecule has 0 saturated carbocycles. The highest BCUT2D eigenvalue weighted by Crippen LogP contribution is 2.31. The topological polar surface area (TPSA) is 99.9 Å². The Kier molecular flexibility index (Phi) is 4.00. The summed E-state index contributed by atoms with van der Waals surface area (Å²) in [5.41, 5.74) is 7.48. The molecular formula is C17H17FN6O2. The van der Waals surface area contributed by atoms with Gasteiger partial charge in [-0.25, -0.2) is 13.9 Å². The molecule has 2 N–H and O–H groups in total. The van der Waals surface area contributed by atoms with Gasteiger partial charge in [0.15, 0.2) is 17.1 Å². The second kappa shape index (κ2) is 6.34. The molecule has 1 aliphatic rings. The average Bonchev–Trinajstić information content (AvgIpc) is 3.21. The van der Waals surface area contributed by atoms with Crippen LogP contribution in [0.1, 0.15) is 12.5 Å². The van der Waals surface area contributed by atoms with Gasteiger partial charge in [0.2, 0.25) is 5.88 Å². The summed E-state index contributed by atoms with van der Waals surface area (Å²) in [7, 11) is 0. The average molecular weight is 356 g/mol. The summed E-state index contributed by atoms with van der Waals surface area (Å²) in [5.74, 6) is 0.304. The molecule has 0 bridgehead atoms. The zero-order chi connectivity index (χ0) is 18.3. The van der Waals surface area contributed by atoms with E-state index in [2.05, 4.69) is 20.1 Å². The van der Waals surface area contributed by atoms with Crippen LogP contribution in [0, 0.1) is 12.7 Å². The molecule has 0 amide bonds. The lowest BCUT2D eigenvalue weighted by atomic mass is 10.3. The Hall–Kier alpha value is -3.07. The van der Waals surface area contributed by atoms with E-state index in [1.54, 1.807) is 16.8 Å². The molecular weight excluding hydrogens is 339 g/mol. The summed E-state index contributed by atoms with van der Waals surface area (Å²) in [4.78, 5) is 12.4. The van der Waals surface area contributed by atoms with Crippen molar-refractivity contribution in [1.82, 2.24) is 19.6 Å². The van der Waals surface area contributed by atoms with Gasteiger partial charge >= 0.3 is 0 Å². The number of rotatable bonds is 5. The number of aromatic nitrogens is 4. The molecule has 0 aliphatic carbocycles. The Morgan fingerprint density at radius 2 is 2.19 bits per heavy atom. The van der Waals surface area contributed by atoms with E-state index in [-0.39, 0.29) is 17.7 Å². The second-order valence-electron chi connectivity index (χ2n) is 6.09. The van der Waals surface area contributed by atoms with Gasteiger partial charge in [0, 0.05) is 11.6 Å². The van der Waals surface area contributed by atoms with Crippen LogP contribution in [-0.2, 0) is 0 Å². The molecule has 0 spiro atoms. The maximum absolute atomic E-state index is 14.6. The summed E-state index contributed by atoms with van der Waals surface area (Å²) in [6.07, 6.45) is 6.02. The van der Waals surface area contributed by atoms with Crippen LogP contribution < -0.4 is 25.9 Å².